The van der Waals surface area contributed by atoms with Crippen molar-refractivity contribution in [2.24, 2.45) is 0 Å². The Balaban J connectivity index is 1.63. The number of carbonyl (C=O) groups excluding carboxylic acids is 1. The highest BCUT2D eigenvalue weighted by atomic mass is 32.1. The second-order valence-electron chi connectivity index (χ2n) is 4.97. The highest BCUT2D eigenvalue weighted by Gasteiger charge is 2.03. The van der Waals surface area contributed by atoms with Gasteiger partial charge in [0, 0.05) is 13.0 Å². The van der Waals surface area contributed by atoms with E-state index in [1.807, 2.05) is 30.3 Å². The van der Waals surface area contributed by atoms with E-state index in [2.05, 4.69) is 16.2 Å². The lowest BCUT2D eigenvalue weighted by atomic mass is 10.1. The Labute approximate surface area is 140 Å². The molecule has 0 fully saturated rings. The van der Waals surface area contributed by atoms with Crippen LogP contribution in [0.4, 0.5) is 4.39 Å². The predicted octanol–water partition coefficient (Wildman–Crippen LogP) is 2.45. The Hall–Kier alpha value is -2.47. The zero-order chi connectivity index (χ0) is 16.5. The van der Waals surface area contributed by atoms with Gasteiger partial charge < -0.3 is 5.32 Å². The molecule has 0 heterocycles. The number of hydrogen-bond acceptors (Lipinski definition) is 2. The van der Waals surface area contributed by atoms with E-state index in [0.29, 0.717) is 24.5 Å². The smallest absolute Gasteiger partial charge is 0.238 e. The molecule has 0 bridgehead atoms. The third-order valence-electron chi connectivity index (χ3n) is 3.17. The van der Waals surface area contributed by atoms with Crippen LogP contribution in [0.5, 0.6) is 0 Å². The SMILES string of the molecule is O=C(CCc1ccccc1)NNC(=S)NCc1ccc(F)cc1. The molecule has 2 aromatic rings. The molecule has 0 aliphatic rings. The summed E-state index contributed by atoms with van der Waals surface area (Å²) in [7, 11) is 0. The molecule has 0 aromatic heterocycles. The van der Waals surface area contributed by atoms with Crippen molar-refractivity contribution in [3.05, 3.63) is 71.5 Å². The van der Waals surface area contributed by atoms with Gasteiger partial charge in [-0.3, -0.25) is 15.6 Å². The minimum atomic E-state index is -0.278. The minimum absolute atomic E-state index is 0.139. The Bertz CT molecular complexity index is 647. The molecule has 0 aliphatic carbocycles. The summed E-state index contributed by atoms with van der Waals surface area (Å²) in [5, 5.41) is 3.24. The van der Waals surface area contributed by atoms with E-state index in [9.17, 15) is 9.18 Å². The summed E-state index contributed by atoms with van der Waals surface area (Å²) in [6.07, 6.45) is 1.04. The summed E-state index contributed by atoms with van der Waals surface area (Å²) in [5.74, 6) is -0.417. The summed E-state index contributed by atoms with van der Waals surface area (Å²) < 4.78 is 12.8. The normalized spacial score (nSPS) is 9.96. The summed E-state index contributed by atoms with van der Waals surface area (Å²) in [4.78, 5) is 11.7. The van der Waals surface area contributed by atoms with Crippen molar-refractivity contribution in [1.29, 1.82) is 0 Å². The number of nitrogens with one attached hydrogen (secondary N) is 3. The molecule has 0 aliphatic heterocycles. The lowest BCUT2D eigenvalue weighted by molar-refractivity contribution is -0.121. The highest BCUT2D eigenvalue weighted by molar-refractivity contribution is 7.80. The first-order valence-corrected chi connectivity index (χ1v) is 7.65. The largest absolute Gasteiger partial charge is 0.357 e. The Morgan fingerprint density at radius 2 is 1.65 bits per heavy atom. The lowest BCUT2D eigenvalue weighted by Crippen LogP contribution is -2.46. The van der Waals surface area contributed by atoms with Gasteiger partial charge in [-0.1, -0.05) is 42.5 Å². The Morgan fingerprint density at radius 1 is 0.957 bits per heavy atom. The van der Waals surface area contributed by atoms with Gasteiger partial charge in [-0.15, -0.1) is 0 Å². The van der Waals surface area contributed by atoms with Gasteiger partial charge in [0.1, 0.15) is 5.82 Å². The van der Waals surface area contributed by atoms with E-state index in [0.717, 1.165) is 11.1 Å². The molecule has 1 amide bonds. The number of aryl methyl sites for hydroxylation is 1. The number of carbonyl (C=O) groups is 1. The van der Waals surface area contributed by atoms with Crippen LogP contribution in [0.1, 0.15) is 17.5 Å². The van der Waals surface area contributed by atoms with Gasteiger partial charge in [0.05, 0.1) is 0 Å². The van der Waals surface area contributed by atoms with Crippen LogP contribution in [-0.2, 0) is 17.8 Å². The van der Waals surface area contributed by atoms with Gasteiger partial charge in [0.2, 0.25) is 5.91 Å². The number of benzene rings is 2. The number of thiocarbonyl (C=S) groups is 1. The highest BCUT2D eigenvalue weighted by Crippen LogP contribution is 2.02. The van der Waals surface area contributed by atoms with Crippen LogP contribution in [0.25, 0.3) is 0 Å². The van der Waals surface area contributed by atoms with Gasteiger partial charge in [-0.25, -0.2) is 4.39 Å². The number of hydrazine groups is 1. The van der Waals surface area contributed by atoms with Gasteiger partial charge in [0.15, 0.2) is 5.11 Å². The van der Waals surface area contributed by atoms with Gasteiger partial charge in [0.25, 0.3) is 0 Å². The van der Waals surface area contributed by atoms with E-state index < -0.39 is 0 Å². The van der Waals surface area contributed by atoms with Crippen LogP contribution < -0.4 is 16.2 Å². The zero-order valence-corrected chi connectivity index (χ0v) is 13.3. The third-order valence-corrected chi connectivity index (χ3v) is 3.41. The molecular formula is C17H18FN3OS. The molecule has 0 spiro atoms. The summed E-state index contributed by atoms with van der Waals surface area (Å²) in [5.41, 5.74) is 7.20. The topological polar surface area (TPSA) is 53.2 Å². The summed E-state index contributed by atoms with van der Waals surface area (Å²) >= 11 is 5.06. The number of hydrogen-bond donors (Lipinski definition) is 3. The van der Waals surface area contributed by atoms with E-state index in [1.54, 1.807) is 12.1 Å². The molecule has 2 aromatic carbocycles. The van der Waals surface area contributed by atoms with Crippen molar-refractivity contribution in [2.45, 2.75) is 19.4 Å². The average molecular weight is 331 g/mol. The molecule has 0 atom stereocenters. The van der Waals surface area contributed by atoms with Crippen LogP contribution in [0.3, 0.4) is 0 Å². The predicted molar refractivity (Wildman–Crippen MR) is 91.9 cm³/mol. The maximum absolute atomic E-state index is 12.8. The molecule has 0 unspecified atom stereocenters. The molecule has 3 N–H and O–H groups in total. The van der Waals surface area contributed by atoms with Gasteiger partial charge in [-0.2, -0.15) is 0 Å². The molecule has 2 rings (SSSR count). The Morgan fingerprint density at radius 3 is 2.35 bits per heavy atom. The standard InChI is InChI=1S/C17H18FN3OS/c18-15-9-6-14(7-10-15)12-19-17(23)21-20-16(22)11-8-13-4-2-1-3-5-13/h1-7,9-10H,8,11-12H2,(H,20,22)(H2,19,21,23). The molecule has 120 valence electrons. The van der Waals surface area contributed by atoms with Crippen LogP contribution in [0.2, 0.25) is 0 Å². The van der Waals surface area contributed by atoms with Crippen LogP contribution in [0.15, 0.2) is 54.6 Å². The van der Waals surface area contributed by atoms with E-state index in [4.69, 9.17) is 12.2 Å². The monoisotopic (exact) mass is 331 g/mol. The quantitative estimate of drug-likeness (QED) is 0.582. The van der Waals surface area contributed by atoms with Crippen molar-refractivity contribution in [2.75, 3.05) is 0 Å². The van der Waals surface area contributed by atoms with Crippen molar-refractivity contribution in [1.82, 2.24) is 16.2 Å². The fraction of sp³-hybridized carbons (Fsp3) is 0.176. The number of rotatable bonds is 5. The van der Waals surface area contributed by atoms with Crippen LogP contribution in [0, 0.1) is 5.82 Å². The van der Waals surface area contributed by atoms with Gasteiger partial charge in [-0.05, 0) is 41.9 Å². The molecule has 0 radical (unpaired) electrons. The maximum Gasteiger partial charge on any atom is 0.238 e. The molecule has 0 saturated carbocycles. The summed E-state index contributed by atoms with van der Waals surface area (Å²) in [6, 6.07) is 15.9. The Kier molecular flexibility index (Phi) is 6.50. The first-order valence-electron chi connectivity index (χ1n) is 7.24. The lowest BCUT2D eigenvalue weighted by Gasteiger charge is -2.11. The maximum atomic E-state index is 12.8. The van der Waals surface area contributed by atoms with Crippen LogP contribution >= 0.6 is 12.2 Å². The minimum Gasteiger partial charge on any atom is -0.357 e. The second kappa shape index (κ2) is 8.85. The van der Waals surface area contributed by atoms with Crippen molar-refractivity contribution in [3.63, 3.8) is 0 Å². The fourth-order valence-corrected chi connectivity index (χ4v) is 2.04. The zero-order valence-electron chi connectivity index (χ0n) is 12.5. The van der Waals surface area contributed by atoms with E-state index >= 15 is 0 Å². The average Bonchev–Trinajstić information content (AvgIpc) is 2.58. The molecule has 0 saturated heterocycles. The van der Waals surface area contributed by atoms with E-state index in [1.165, 1.54) is 12.1 Å². The number of amides is 1. The number of halogens is 1. The summed E-state index contributed by atoms with van der Waals surface area (Å²) in [6.45, 7) is 0.450. The van der Waals surface area contributed by atoms with Crippen LogP contribution in [-0.4, -0.2) is 11.0 Å². The van der Waals surface area contributed by atoms with Crippen molar-refractivity contribution in [3.8, 4) is 0 Å². The van der Waals surface area contributed by atoms with Crippen molar-refractivity contribution >= 4 is 23.2 Å². The second-order valence-corrected chi connectivity index (χ2v) is 5.38. The molecule has 4 nitrogen and oxygen atoms in total. The first-order chi connectivity index (χ1) is 11.1. The van der Waals surface area contributed by atoms with Crippen molar-refractivity contribution < 1.29 is 9.18 Å². The fourth-order valence-electron chi connectivity index (χ4n) is 1.92. The first kappa shape index (κ1) is 16.9. The third kappa shape index (κ3) is 6.44. The molecular weight excluding hydrogens is 313 g/mol. The van der Waals surface area contributed by atoms with E-state index in [-0.39, 0.29) is 11.7 Å². The van der Waals surface area contributed by atoms with Gasteiger partial charge >= 0.3 is 0 Å². The molecule has 6 heteroatoms. The molecule has 23 heavy (non-hydrogen) atoms.